The maximum Gasteiger partial charge on any atom is 0.241 e. The quantitative estimate of drug-likeness (QED) is 0.670. The second-order valence-corrected chi connectivity index (χ2v) is 6.87. The van der Waals surface area contributed by atoms with Gasteiger partial charge in [0, 0.05) is 19.7 Å². The summed E-state index contributed by atoms with van der Waals surface area (Å²) < 4.78 is 7.24. The van der Waals surface area contributed by atoms with Gasteiger partial charge in [-0.25, -0.2) is 4.68 Å². The van der Waals surface area contributed by atoms with E-state index in [0.29, 0.717) is 11.7 Å². The molecule has 0 radical (unpaired) electrons. The third-order valence-electron chi connectivity index (χ3n) is 4.13. The highest BCUT2D eigenvalue weighted by molar-refractivity contribution is 7.99. The Morgan fingerprint density at radius 2 is 2.12 bits per heavy atom. The summed E-state index contributed by atoms with van der Waals surface area (Å²) in [5.41, 5.74) is 0. The Hall–Kier alpha value is -1.68. The number of rotatable bonds is 7. The zero-order chi connectivity index (χ0) is 16.8. The first-order valence-corrected chi connectivity index (χ1v) is 9.26. The van der Waals surface area contributed by atoms with Crippen LogP contribution in [0.25, 0.3) is 0 Å². The van der Waals surface area contributed by atoms with Crippen molar-refractivity contribution in [2.45, 2.75) is 43.5 Å². The fourth-order valence-corrected chi connectivity index (χ4v) is 3.55. The number of carbonyl (C=O) groups excluding carboxylic acids is 2. The Labute approximate surface area is 144 Å². The summed E-state index contributed by atoms with van der Waals surface area (Å²) in [6.45, 7) is 3.02. The lowest BCUT2D eigenvalue weighted by atomic mass is 10.2. The molecule has 24 heavy (non-hydrogen) atoms. The van der Waals surface area contributed by atoms with E-state index in [4.69, 9.17) is 4.74 Å². The molecule has 1 unspecified atom stereocenters. The van der Waals surface area contributed by atoms with Crippen LogP contribution in [0.2, 0.25) is 0 Å². The van der Waals surface area contributed by atoms with Gasteiger partial charge in [-0.2, -0.15) is 0 Å². The molecule has 132 valence electrons. The number of tetrazole rings is 1. The van der Waals surface area contributed by atoms with Crippen LogP contribution in [-0.2, 0) is 20.9 Å². The van der Waals surface area contributed by atoms with Gasteiger partial charge in [0.2, 0.25) is 17.0 Å². The molecule has 1 aromatic heterocycles. The van der Waals surface area contributed by atoms with E-state index in [9.17, 15) is 9.59 Å². The SMILES string of the molecule is O=C(CSc1nnnn1CC1CCCO1)NCC(=O)N1CCCC1. The number of hydrogen-bond acceptors (Lipinski definition) is 7. The average molecular weight is 354 g/mol. The van der Waals surface area contributed by atoms with Gasteiger partial charge in [-0.05, 0) is 36.1 Å². The van der Waals surface area contributed by atoms with Crippen molar-refractivity contribution < 1.29 is 14.3 Å². The molecule has 10 heteroatoms. The molecule has 2 fully saturated rings. The van der Waals surface area contributed by atoms with Crippen LogP contribution >= 0.6 is 11.8 Å². The molecule has 0 aromatic carbocycles. The van der Waals surface area contributed by atoms with E-state index in [1.165, 1.54) is 11.8 Å². The van der Waals surface area contributed by atoms with Gasteiger partial charge in [0.15, 0.2) is 0 Å². The minimum Gasteiger partial charge on any atom is -0.376 e. The van der Waals surface area contributed by atoms with Gasteiger partial charge >= 0.3 is 0 Å². The van der Waals surface area contributed by atoms with Gasteiger partial charge in [0.05, 0.1) is 24.9 Å². The Morgan fingerprint density at radius 1 is 1.29 bits per heavy atom. The Balaban J connectivity index is 1.39. The maximum atomic E-state index is 11.9. The predicted octanol–water partition coefficient (Wildman–Crippen LogP) is -0.317. The van der Waals surface area contributed by atoms with Crippen molar-refractivity contribution in [3.05, 3.63) is 0 Å². The third kappa shape index (κ3) is 4.67. The molecular weight excluding hydrogens is 332 g/mol. The van der Waals surface area contributed by atoms with Crippen LogP contribution < -0.4 is 5.32 Å². The molecule has 0 aliphatic carbocycles. The number of thioether (sulfide) groups is 1. The molecule has 1 N–H and O–H groups in total. The van der Waals surface area contributed by atoms with Crippen LogP contribution in [0.5, 0.6) is 0 Å². The van der Waals surface area contributed by atoms with E-state index in [1.807, 2.05) is 0 Å². The summed E-state index contributed by atoms with van der Waals surface area (Å²) in [5, 5.41) is 14.8. The highest BCUT2D eigenvalue weighted by Crippen LogP contribution is 2.18. The molecule has 2 saturated heterocycles. The van der Waals surface area contributed by atoms with Gasteiger partial charge < -0.3 is 15.0 Å². The van der Waals surface area contributed by atoms with E-state index < -0.39 is 0 Å². The molecule has 3 rings (SSSR count). The monoisotopic (exact) mass is 354 g/mol. The van der Waals surface area contributed by atoms with Gasteiger partial charge in [-0.3, -0.25) is 9.59 Å². The molecule has 0 saturated carbocycles. The molecule has 9 nitrogen and oxygen atoms in total. The van der Waals surface area contributed by atoms with Gasteiger partial charge in [0.25, 0.3) is 0 Å². The molecular formula is C14H22N6O3S. The van der Waals surface area contributed by atoms with E-state index in [0.717, 1.165) is 45.4 Å². The second kappa shape index (κ2) is 8.43. The molecule has 0 spiro atoms. The number of aromatic nitrogens is 4. The fraction of sp³-hybridized carbons (Fsp3) is 0.786. The molecule has 2 aliphatic heterocycles. The molecule has 0 bridgehead atoms. The van der Waals surface area contributed by atoms with E-state index in [-0.39, 0.29) is 30.2 Å². The molecule has 2 aliphatic rings. The number of amides is 2. The second-order valence-electron chi connectivity index (χ2n) is 5.93. The molecule has 3 heterocycles. The normalized spacial score (nSPS) is 20.5. The van der Waals surface area contributed by atoms with Crippen LogP contribution in [0.1, 0.15) is 25.7 Å². The zero-order valence-corrected chi connectivity index (χ0v) is 14.3. The van der Waals surface area contributed by atoms with Crippen LogP contribution in [0.15, 0.2) is 5.16 Å². The zero-order valence-electron chi connectivity index (χ0n) is 13.5. The number of nitrogens with zero attached hydrogens (tertiary/aromatic N) is 5. The predicted molar refractivity (Wildman–Crippen MR) is 86.3 cm³/mol. The van der Waals surface area contributed by atoms with Gasteiger partial charge in [0.1, 0.15) is 0 Å². The van der Waals surface area contributed by atoms with Gasteiger partial charge in [-0.1, -0.05) is 11.8 Å². The van der Waals surface area contributed by atoms with Crippen LogP contribution in [0.4, 0.5) is 0 Å². The number of carbonyl (C=O) groups is 2. The third-order valence-corrected chi connectivity index (χ3v) is 5.08. The number of nitrogens with one attached hydrogen (secondary N) is 1. The van der Waals surface area contributed by atoms with Crippen LogP contribution in [0, 0.1) is 0 Å². The fourth-order valence-electron chi connectivity index (χ4n) is 2.83. The van der Waals surface area contributed by atoms with E-state index in [2.05, 4.69) is 20.8 Å². The van der Waals surface area contributed by atoms with Crippen molar-refractivity contribution in [2.24, 2.45) is 0 Å². The van der Waals surface area contributed by atoms with Crippen molar-refractivity contribution >= 4 is 23.6 Å². The summed E-state index contributed by atoms with van der Waals surface area (Å²) in [4.78, 5) is 25.6. The standard InChI is InChI=1S/C14H22N6O3S/c21-12(15-8-13(22)19-5-1-2-6-19)10-24-14-16-17-18-20(14)9-11-4-3-7-23-11/h11H,1-10H2,(H,15,21). The van der Waals surface area contributed by atoms with Crippen molar-refractivity contribution in [1.82, 2.24) is 30.4 Å². The smallest absolute Gasteiger partial charge is 0.241 e. The van der Waals surface area contributed by atoms with Crippen molar-refractivity contribution in [3.63, 3.8) is 0 Å². The lowest BCUT2D eigenvalue weighted by Gasteiger charge is -2.15. The van der Waals surface area contributed by atoms with Crippen LogP contribution in [-0.4, -0.2) is 75.0 Å². The number of hydrogen-bond donors (Lipinski definition) is 1. The highest BCUT2D eigenvalue weighted by Gasteiger charge is 2.20. The summed E-state index contributed by atoms with van der Waals surface area (Å²) >= 11 is 1.26. The minimum atomic E-state index is -0.195. The first-order chi connectivity index (χ1) is 11.7. The lowest BCUT2D eigenvalue weighted by molar-refractivity contribution is -0.131. The first kappa shape index (κ1) is 17.2. The highest BCUT2D eigenvalue weighted by atomic mass is 32.2. The largest absolute Gasteiger partial charge is 0.376 e. The Morgan fingerprint density at radius 3 is 2.88 bits per heavy atom. The Bertz CT molecular complexity index is 569. The number of likely N-dealkylation sites (tertiary alicyclic amines) is 1. The molecule has 1 aromatic rings. The maximum absolute atomic E-state index is 11.9. The van der Waals surface area contributed by atoms with Crippen molar-refractivity contribution in [1.29, 1.82) is 0 Å². The van der Waals surface area contributed by atoms with Crippen molar-refractivity contribution in [2.75, 3.05) is 32.0 Å². The summed E-state index contributed by atoms with van der Waals surface area (Å²) in [7, 11) is 0. The number of ether oxygens (including phenoxy) is 1. The lowest BCUT2D eigenvalue weighted by Crippen LogP contribution is -2.39. The van der Waals surface area contributed by atoms with Crippen molar-refractivity contribution in [3.8, 4) is 0 Å². The average Bonchev–Trinajstić information content (AvgIpc) is 3.33. The molecule has 1 atom stereocenters. The summed E-state index contributed by atoms with van der Waals surface area (Å²) in [6, 6.07) is 0. The molecule has 2 amide bonds. The van der Waals surface area contributed by atoms with E-state index in [1.54, 1.807) is 9.58 Å². The van der Waals surface area contributed by atoms with E-state index >= 15 is 0 Å². The Kier molecular flexibility index (Phi) is 6.02. The minimum absolute atomic E-state index is 0.0194. The first-order valence-electron chi connectivity index (χ1n) is 8.27. The topological polar surface area (TPSA) is 102 Å². The summed E-state index contributed by atoms with van der Waals surface area (Å²) in [5.74, 6) is -0.0348. The van der Waals surface area contributed by atoms with Crippen LogP contribution in [0.3, 0.4) is 0 Å². The van der Waals surface area contributed by atoms with Gasteiger partial charge in [-0.15, -0.1) is 5.10 Å². The summed E-state index contributed by atoms with van der Waals surface area (Å²) in [6.07, 6.45) is 4.29.